The van der Waals surface area contributed by atoms with E-state index >= 15 is 0 Å². The van der Waals surface area contributed by atoms with Crippen LogP contribution in [0.5, 0.6) is 0 Å². The topological polar surface area (TPSA) is 38.9 Å². The van der Waals surface area contributed by atoms with Crippen molar-refractivity contribution in [1.82, 2.24) is 4.98 Å². The van der Waals surface area contributed by atoms with Crippen LogP contribution in [-0.2, 0) is 6.54 Å². The molecule has 0 radical (unpaired) electrons. The summed E-state index contributed by atoms with van der Waals surface area (Å²) >= 11 is 1.58. The summed E-state index contributed by atoms with van der Waals surface area (Å²) in [5, 5.41) is 0.981. The van der Waals surface area contributed by atoms with Crippen LogP contribution in [0.1, 0.15) is 10.7 Å². The van der Waals surface area contributed by atoms with E-state index in [2.05, 4.69) is 4.98 Å². The normalized spacial score (nSPS) is 10.6. The first-order valence-corrected chi connectivity index (χ1v) is 5.44. The molecule has 0 unspecified atom stereocenters. The van der Waals surface area contributed by atoms with Crippen molar-refractivity contribution in [2.45, 2.75) is 13.5 Å². The molecule has 2 N–H and O–H groups in total. The first-order valence-electron chi connectivity index (χ1n) is 4.63. The Morgan fingerprint density at radius 2 is 2.00 bits per heavy atom. The van der Waals surface area contributed by atoms with Crippen molar-refractivity contribution in [1.29, 1.82) is 0 Å². The number of rotatable bonds is 2. The van der Waals surface area contributed by atoms with Gasteiger partial charge in [-0.15, -0.1) is 11.3 Å². The Bertz CT molecular complexity index is 462. The number of benzene rings is 1. The summed E-state index contributed by atoms with van der Waals surface area (Å²) < 4.78 is 12.8. The largest absolute Gasteiger partial charge is 0.325 e. The fraction of sp³-hybridized carbons (Fsp3) is 0.182. The molecule has 78 valence electrons. The summed E-state index contributed by atoms with van der Waals surface area (Å²) in [5.41, 5.74) is 7.45. The lowest BCUT2D eigenvalue weighted by Gasteiger charge is -1.99. The highest BCUT2D eigenvalue weighted by Gasteiger charge is 2.09. The molecule has 2 aromatic rings. The summed E-state index contributed by atoms with van der Waals surface area (Å²) in [6.07, 6.45) is 0. The third-order valence-corrected chi connectivity index (χ3v) is 3.17. The molecule has 0 aliphatic carbocycles. The van der Waals surface area contributed by atoms with Gasteiger partial charge in [-0.1, -0.05) is 12.1 Å². The number of nitrogens with two attached hydrogens (primary N) is 1. The van der Waals surface area contributed by atoms with Crippen LogP contribution in [0.4, 0.5) is 4.39 Å². The molecule has 2 nitrogen and oxygen atoms in total. The number of aryl methyl sites for hydroxylation is 1. The first-order chi connectivity index (χ1) is 7.20. The predicted molar refractivity (Wildman–Crippen MR) is 60.1 cm³/mol. The second kappa shape index (κ2) is 4.08. The van der Waals surface area contributed by atoms with Gasteiger partial charge in [-0.05, 0) is 24.6 Å². The van der Waals surface area contributed by atoms with Crippen LogP contribution < -0.4 is 5.73 Å². The minimum absolute atomic E-state index is 0.228. The van der Waals surface area contributed by atoms with E-state index in [1.807, 2.05) is 6.92 Å². The second-order valence-corrected chi connectivity index (χ2v) is 4.42. The Morgan fingerprint density at radius 3 is 2.60 bits per heavy atom. The van der Waals surface area contributed by atoms with Crippen molar-refractivity contribution in [3.05, 3.63) is 40.8 Å². The van der Waals surface area contributed by atoms with Crippen LogP contribution in [0.3, 0.4) is 0 Å². The first kappa shape index (κ1) is 10.3. The SMILES string of the molecule is Cc1nc(CN)c(-c2ccc(F)cc2)s1. The average Bonchev–Trinajstić information content (AvgIpc) is 2.61. The van der Waals surface area contributed by atoms with Crippen molar-refractivity contribution >= 4 is 11.3 Å². The van der Waals surface area contributed by atoms with Gasteiger partial charge in [0.2, 0.25) is 0 Å². The zero-order valence-corrected chi connectivity index (χ0v) is 9.14. The summed E-state index contributed by atoms with van der Waals surface area (Å²) in [5.74, 6) is -0.228. The third kappa shape index (κ3) is 2.06. The molecule has 2 rings (SSSR count). The quantitative estimate of drug-likeness (QED) is 0.848. The summed E-state index contributed by atoms with van der Waals surface area (Å²) in [6.45, 7) is 2.36. The highest BCUT2D eigenvalue weighted by molar-refractivity contribution is 7.15. The Kier molecular flexibility index (Phi) is 2.79. The molecule has 0 bridgehead atoms. The van der Waals surface area contributed by atoms with Gasteiger partial charge in [0.15, 0.2) is 0 Å². The zero-order chi connectivity index (χ0) is 10.8. The van der Waals surface area contributed by atoms with Crippen LogP contribution in [0.15, 0.2) is 24.3 Å². The van der Waals surface area contributed by atoms with Crippen molar-refractivity contribution in [3.63, 3.8) is 0 Å². The van der Waals surface area contributed by atoms with Gasteiger partial charge in [-0.3, -0.25) is 0 Å². The van der Waals surface area contributed by atoms with Crippen LogP contribution >= 0.6 is 11.3 Å². The highest BCUT2D eigenvalue weighted by Crippen LogP contribution is 2.29. The number of hydrogen-bond donors (Lipinski definition) is 1. The van der Waals surface area contributed by atoms with Crippen LogP contribution in [-0.4, -0.2) is 4.98 Å². The molecule has 4 heteroatoms. The molecule has 0 saturated heterocycles. The summed E-state index contributed by atoms with van der Waals surface area (Å²) in [7, 11) is 0. The lowest BCUT2D eigenvalue weighted by atomic mass is 10.1. The fourth-order valence-electron chi connectivity index (χ4n) is 1.44. The van der Waals surface area contributed by atoms with Crippen LogP contribution in [0, 0.1) is 12.7 Å². The minimum Gasteiger partial charge on any atom is -0.325 e. The molecule has 0 saturated carbocycles. The molecular weight excluding hydrogens is 211 g/mol. The lowest BCUT2D eigenvalue weighted by molar-refractivity contribution is 0.628. The predicted octanol–water partition coefficient (Wildman–Crippen LogP) is 2.72. The van der Waals surface area contributed by atoms with Gasteiger partial charge < -0.3 is 5.73 Å². The number of nitrogens with zero attached hydrogens (tertiary/aromatic N) is 1. The van der Waals surface area contributed by atoms with Crippen LogP contribution in [0.25, 0.3) is 10.4 Å². The monoisotopic (exact) mass is 222 g/mol. The number of halogens is 1. The molecule has 0 spiro atoms. The van der Waals surface area contributed by atoms with E-state index in [-0.39, 0.29) is 5.82 Å². The van der Waals surface area contributed by atoms with E-state index in [0.717, 1.165) is 21.1 Å². The van der Waals surface area contributed by atoms with Gasteiger partial charge in [-0.2, -0.15) is 0 Å². The van der Waals surface area contributed by atoms with Gasteiger partial charge in [0.1, 0.15) is 5.82 Å². The van der Waals surface area contributed by atoms with Gasteiger partial charge in [0.05, 0.1) is 15.6 Å². The second-order valence-electron chi connectivity index (χ2n) is 3.22. The van der Waals surface area contributed by atoms with Crippen molar-refractivity contribution in [2.24, 2.45) is 5.73 Å². The smallest absolute Gasteiger partial charge is 0.123 e. The van der Waals surface area contributed by atoms with E-state index in [9.17, 15) is 4.39 Å². The minimum atomic E-state index is -0.228. The molecule has 0 amide bonds. The maximum Gasteiger partial charge on any atom is 0.123 e. The van der Waals surface area contributed by atoms with E-state index in [1.54, 1.807) is 23.5 Å². The average molecular weight is 222 g/mol. The lowest BCUT2D eigenvalue weighted by Crippen LogP contribution is -1.98. The van der Waals surface area contributed by atoms with Crippen molar-refractivity contribution < 1.29 is 4.39 Å². The maximum absolute atomic E-state index is 12.8. The van der Waals surface area contributed by atoms with Gasteiger partial charge in [-0.25, -0.2) is 9.37 Å². The fourth-order valence-corrected chi connectivity index (χ4v) is 2.39. The third-order valence-electron chi connectivity index (χ3n) is 2.10. The summed E-state index contributed by atoms with van der Waals surface area (Å²) in [6, 6.07) is 6.40. The molecule has 1 aromatic carbocycles. The molecular formula is C11H11FN2S. The van der Waals surface area contributed by atoms with Crippen LogP contribution in [0.2, 0.25) is 0 Å². The number of thiazole rings is 1. The zero-order valence-electron chi connectivity index (χ0n) is 8.33. The Labute approximate surface area is 91.6 Å². The molecule has 0 fully saturated rings. The Balaban J connectivity index is 2.48. The maximum atomic E-state index is 12.8. The standard InChI is InChI=1S/C11H11FN2S/c1-7-14-10(6-13)11(15-7)8-2-4-9(12)5-3-8/h2-5H,6,13H2,1H3. The molecule has 0 aliphatic heterocycles. The molecule has 1 heterocycles. The van der Waals surface area contributed by atoms with Crippen molar-refractivity contribution in [3.8, 4) is 10.4 Å². The molecule has 0 aliphatic rings. The van der Waals surface area contributed by atoms with E-state index in [1.165, 1.54) is 12.1 Å². The van der Waals surface area contributed by atoms with Gasteiger partial charge >= 0.3 is 0 Å². The van der Waals surface area contributed by atoms with E-state index < -0.39 is 0 Å². The number of aromatic nitrogens is 1. The molecule has 0 atom stereocenters. The number of hydrogen-bond acceptors (Lipinski definition) is 3. The Morgan fingerprint density at radius 1 is 1.33 bits per heavy atom. The summed E-state index contributed by atoms with van der Waals surface area (Å²) in [4.78, 5) is 5.36. The molecule has 15 heavy (non-hydrogen) atoms. The van der Waals surface area contributed by atoms with E-state index in [0.29, 0.717) is 6.54 Å². The highest BCUT2D eigenvalue weighted by atomic mass is 32.1. The Hall–Kier alpha value is -1.26. The van der Waals surface area contributed by atoms with Gasteiger partial charge in [0.25, 0.3) is 0 Å². The molecule has 1 aromatic heterocycles. The van der Waals surface area contributed by atoms with Gasteiger partial charge in [0, 0.05) is 6.54 Å². The van der Waals surface area contributed by atoms with E-state index in [4.69, 9.17) is 5.73 Å². The van der Waals surface area contributed by atoms with Crippen molar-refractivity contribution in [2.75, 3.05) is 0 Å².